The molecule has 116 valence electrons. The van der Waals surface area contributed by atoms with E-state index in [1.165, 1.54) is 16.9 Å². The van der Waals surface area contributed by atoms with Gasteiger partial charge < -0.3 is 10.1 Å². The van der Waals surface area contributed by atoms with Crippen LogP contribution in [-0.4, -0.2) is 24.0 Å². The molecule has 1 atom stereocenters. The molecule has 1 aromatic carbocycles. The van der Waals surface area contributed by atoms with Crippen molar-refractivity contribution in [2.45, 2.75) is 26.7 Å². The first-order valence-electron chi connectivity index (χ1n) is 7.62. The Balaban J connectivity index is 1.60. The summed E-state index contributed by atoms with van der Waals surface area (Å²) in [6.45, 7) is 5.25. The molecule has 0 fully saturated rings. The van der Waals surface area contributed by atoms with Crippen molar-refractivity contribution in [2.75, 3.05) is 13.2 Å². The first-order chi connectivity index (χ1) is 10.7. The minimum atomic E-state index is -0.0127. The van der Waals surface area contributed by atoms with Crippen LogP contribution in [0, 0.1) is 12.8 Å². The van der Waals surface area contributed by atoms with E-state index in [9.17, 15) is 4.79 Å². The van der Waals surface area contributed by atoms with E-state index in [4.69, 9.17) is 4.74 Å². The van der Waals surface area contributed by atoms with Gasteiger partial charge in [0.25, 0.3) is 5.91 Å². The van der Waals surface area contributed by atoms with Gasteiger partial charge in [-0.15, -0.1) is 11.3 Å². The number of benzene rings is 1. The van der Waals surface area contributed by atoms with Crippen molar-refractivity contribution < 1.29 is 9.53 Å². The zero-order valence-electron chi connectivity index (χ0n) is 12.9. The fourth-order valence-corrected chi connectivity index (χ4v) is 3.65. The predicted octanol–water partition coefficient (Wildman–Crippen LogP) is 3.00. The van der Waals surface area contributed by atoms with Crippen molar-refractivity contribution in [1.29, 1.82) is 0 Å². The Morgan fingerprint density at radius 2 is 2.27 bits per heavy atom. The van der Waals surface area contributed by atoms with E-state index in [2.05, 4.69) is 16.4 Å². The minimum absolute atomic E-state index is 0.0127. The van der Waals surface area contributed by atoms with Crippen molar-refractivity contribution in [3.63, 3.8) is 0 Å². The van der Waals surface area contributed by atoms with Crippen LogP contribution >= 0.6 is 11.3 Å². The summed E-state index contributed by atoms with van der Waals surface area (Å²) in [5.74, 6) is 1.27. The lowest BCUT2D eigenvalue weighted by Gasteiger charge is -2.25. The number of amides is 1. The van der Waals surface area contributed by atoms with E-state index in [1.54, 1.807) is 0 Å². The van der Waals surface area contributed by atoms with Gasteiger partial charge in [0.1, 0.15) is 10.6 Å². The highest BCUT2D eigenvalue weighted by molar-refractivity contribution is 7.13. The number of aromatic nitrogens is 1. The average molecular weight is 316 g/mol. The Labute approximate surface area is 134 Å². The predicted molar refractivity (Wildman–Crippen MR) is 87.7 cm³/mol. The Kier molecular flexibility index (Phi) is 4.43. The third-order valence-corrected chi connectivity index (χ3v) is 4.86. The number of aryl methyl sites for hydroxylation is 2. The number of nitrogens with zero attached hydrogens (tertiary/aromatic N) is 1. The molecule has 2 heterocycles. The number of para-hydroxylation sites is 1. The standard InChI is InChI=1S/C17H20N2O2S/c1-3-14-16(22-11(2)19-14)17(20)18-9-12-8-13-6-4-5-7-15(13)21-10-12/h4-7,12H,3,8-10H2,1-2H3,(H,18,20). The Hall–Kier alpha value is -1.88. The van der Waals surface area contributed by atoms with Crippen molar-refractivity contribution in [2.24, 2.45) is 5.92 Å². The largest absolute Gasteiger partial charge is 0.493 e. The highest BCUT2D eigenvalue weighted by atomic mass is 32.1. The van der Waals surface area contributed by atoms with Gasteiger partial charge in [-0.2, -0.15) is 0 Å². The van der Waals surface area contributed by atoms with E-state index < -0.39 is 0 Å². The van der Waals surface area contributed by atoms with Crippen LogP contribution < -0.4 is 10.1 Å². The molecule has 0 saturated carbocycles. The van der Waals surface area contributed by atoms with Gasteiger partial charge in [-0.25, -0.2) is 4.98 Å². The molecule has 2 aromatic rings. The SMILES string of the molecule is CCc1nc(C)sc1C(=O)NCC1COc2ccccc2C1. The second-order valence-corrected chi connectivity index (χ2v) is 6.76. The summed E-state index contributed by atoms with van der Waals surface area (Å²) in [5, 5.41) is 3.98. The monoisotopic (exact) mass is 316 g/mol. The molecule has 0 radical (unpaired) electrons. The lowest BCUT2D eigenvalue weighted by molar-refractivity contribution is 0.0942. The number of rotatable bonds is 4. The molecule has 0 saturated heterocycles. The van der Waals surface area contributed by atoms with Crippen molar-refractivity contribution >= 4 is 17.2 Å². The summed E-state index contributed by atoms with van der Waals surface area (Å²) in [5.41, 5.74) is 2.11. The summed E-state index contributed by atoms with van der Waals surface area (Å²) in [4.78, 5) is 17.5. The van der Waals surface area contributed by atoms with Crippen LogP contribution in [0.25, 0.3) is 0 Å². The van der Waals surface area contributed by atoms with Crippen LogP contribution in [0.4, 0.5) is 0 Å². The maximum Gasteiger partial charge on any atom is 0.263 e. The van der Waals surface area contributed by atoms with E-state index in [-0.39, 0.29) is 5.91 Å². The number of fused-ring (bicyclic) bond motifs is 1. The first kappa shape index (κ1) is 15.0. The molecule has 1 amide bonds. The van der Waals surface area contributed by atoms with Gasteiger partial charge in [-0.1, -0.05) is 25.1 Å². The van der Waals surface area contributed by atoms with Crippen LogP contribution in [0.1, 0.15) is 32.9 Å². The Morgan fingerprint density at radius 3 is 3.09 bits per heavy atom. The maximum absolute atomic E-state index is 12.3. The highest BCUT2D eigenvalue weighted by Gasteiger charge is 2.21. The summed E-state index contributed by atoms with van der Waals surface area (Å²) < 4.78 is 5.76. The van der Waals surface area contributed by atoms with Crippen LogP contribution in [0.5, 0.6) is 5.75 Å². The number of hydrogen-bond donors (Lipinski definition) is 1. The lowest BCUT2D eigenvalue weighted by atomic mass is 9.97. The fourth-order valence-electron chi connectivity index (χ4n) is 2.73. The molecular weight excluding hydrogens is 296 g/mol. The van der Waals surface area contributed by atoms with Gasteiger partial charge in [0.05, 0.1) is 17.3 Å². The molecule has 0 spiro atoms. The molecule has 1 N–H and O–H groups in total. The summed E-state index contributed by atoms with van der Waals surface area (Å²) in [7, 11) is 0. The zero-order valence-corrected chi connectivity index (χ0v) is 13.7. The van der Waals surface area contributed by atoms with Gasteiger partial charge in [-0.3, -0.25) is 4.79 Å². The lowest BCUT2D eigenvalue weighted by Crippen LogP contribution is -2.34. The van der Waals surface area contributed by atoms with E-state index in [1.807, 2.05) is 32.0 Å². The van der Waals surface area contributed by atoms with Crippen LogP contribution in [0.3, 0.4) is 0 Å². The average Bonchev–Trinajstić information content (AvgIpc) is 2.93. The van der Waals surface area contributed by atoms with Gasteiger partial charge in [-0.05, 0) is 31.4 Å². The Morgan fingerprint density at radius 1 is 1.45 bits per heavy atom. The molecule has 1 aliphatic heterocycles. The second kappa shape index (κ2) is 6.48. The number of ether oxygens (including phenoxy) is 1. The van der Waals surface area contributed by atoms with Gasteiger partial charge in [0.15, 0.2) is 0 Å². The van der Waals surface area contributed by atoms with Gasteiger partial charge in [0, 0.05) is 12.5 Å². The quantitative estimate of drug-likeness (QED) is 0.943. The fraction of sp³-hybridized carbons (Fsp3) is 0.412. The van der Waals surface area contributed by atoms with Crippen molar-refractivity contribution in [3.05, 3.63) is 45.4 Å². The van der Waals surface area contributed by atoms with Crippen LogP contribution in [0.2, 0.25) is 0 Å². The Bertz CT molecular complexity index is 681. The van der Waals surface area contributed by atoms with E-state index in [0.717, 1.165) is 34.2 Å². The van der Waals surface area contributed by atoms with Crippen LogP contribution in [-0.2, 0) is 12.8 Å². The molecule has 3 rings (SSSR count). The van der Waals surface area contributed by atoms with Crippen molar-refractivity contribution in [1.82, 2.24) is 10.3 Å². The molecule has 22 heavy (non-hydrogen) atoms. The first-order valence-corrected chi connectivity index (χ1v) is 8.44. The second-order valence-electron chi connectivity index (χ2n) is 5.56. The number of nitrogens with one attached hydrogen (secondary N) is 1. The molecule has 1 aromatic heterocycles. The number of thiazole rings is 1. The van der Waals surface area contributed by atoms with Gasteiger partial charge >= 0.3 is 0 Å². The number of hydrogen-bond acceptors (Lipinski definition) is 4. The third kappa shape index (κ3) is 3.14. The van der Waals surface area contributed by atoms with E-state index in [0.29, 0.717) is 19.1 Å². The highest BCUT2D eigenvalue weighted by Crippen LogP contribution is 2.26. The number of carbonyl (C=O) groups excluding carboxylic acids is 1. The molecule has 1 aliphatic rings. The maximum atomic E-state index is 12.3. The number of carbonyl (C=O) groups is 1. The normalized spacial score (nSPS) is 16.7. The summed E-state index contributed by atoms with van der Waals surface area (Å²) in [6, 6.07) is 8.10. The zero-order chi connectivity index (χ0) is 15.5. The molecule has 5 heteroatoms. The third-order valence-electron chi connectivity index (χ3n) is 3.85. The van der Waals surface area contributed by atoms with Gasteiger partial charge in [0.2, 0.25) is 0 Å². The topological polar surface area (TPSA) is 51.2 Å². The summed E-state index contributed by atoms with van der Waals surface area (Å²) in [6.07, 6.45) is 1.73. The van der Waals surface area contributed by atoms with E-state index >= 15 is 0 Å². The van der Waals surface area contributed by atoms with Crippen LogP contribution in [0.15, 0.2) is 24.3 Å². The smallest absolute Gasteiger partial charge is 0.263 e. The molecule has 0 bridgehead atoms. The molecular formula is C17H20N2O2S. The molecule has 0 aliphatic carbocycles. The minimum Gasteiger partial charge on any atom is -0.493 e. The molecule has 4 nitrogen and oxygen atoms in total. The molecule has 1 unspecified atom stereocenters. The van der Waals surface area contributed by atoms with Crippen molar-refractivity contribution in [3.8, 4) is 5.75 Å². The summed E-state index contributed by atoms with van der Waals surface area (Å²) >= 11 is 1.47.